The molecule has 3 nitrogen and oxygen atoms in total. The van der Waals surface area contributed by atoms with Crippen molar-refractivity contribution in [2.45, 2.75) is 24.7 Å². The lowest BCUT2D eigenvalue weighted by atomic mass is 10.0. The third-order valence-electron chi connectivity index (χ3n) is 3.02. The van der Waals surface area contributed by atoms with Gasteiger partial charge in [0.05, 0.1) is 0 Å². The molecule has 0 radical (unpaired) electrons. The lowest BCUT2D eigenvalue weighted by Gasteiger charge is -2.14. The number of aliphatic hydroxyl groups is 1. The van der Waals surface area contributed by atoms with Gasteiger partial charge in [0.15, 0.2) is 0 Å². The highest BCUT2D eigenvalue weighted by molar-refractivity contribution is 7.98. The van der Waals surface area contributed by atoms with E-state index >= 15 is 0 Å². The molecule has 18 heavy (non-hydrogen) atoms. The minimum absolute atomic E-state index is 0.0426. The summed E-state index contributed by atoms with van der Waals surface area (Å²) >= 11 is 1.66. The fourth-order valence-corrected chi connectivity index (χ4v) is 2.12. The van der Waals surface area contributed by atoms with Crippen LogP contribution < -0.4 is 5.32 Å². The first-order valence-electron chi connectivity index (χ1n) is 6.24. The molecule has 1 rings (SSSR count). The van der Waals surface area contributed by atoms with Gasteiger partial charge in [0, 0.05) is 23.6 Å². The summed E-state index contributed by atoms with van der Waals surface area (Å²) in [6.07, 6.45) is 3.71. The van der Waals surface area contributed by atoms with E-state index in [9.17, 15) is 4.79 Å². The molecule has 0 fully saturated rings. The molecule has 1 atom stereocenters. The summed E-state index contributed by atoms with van der Waals surface area (Å²) in [4.78, 5) is 13.0. The van der Waals surface area contributed by atoms with Gasteiger partial charge >= 0.3 is 0 Å². The monoisotopic (exact) mass is 267 g/mol. The highest BCUT2D eigenvalue weighted by atomic mass is 32.2. The number of amides is 1. The van der Waals surface area contributed by atoms with Crippen LogP contribution in [0.15, 0.2) is 29.2 Å². The van der Waals surface area contributed by atoms with Crippen LogP contribution in [0.5, 0.6) is 0 Å². The summed E-state index contributed by atoms with van der Waals surface area (Å²) < 4.78 is 0. The van der Waals surface area contributed by atoms with Crippen LogP contribution in [0.1, 0.15) is 30.1 Å². The van der Waals surface area contributed by atoms with Crippen molar-refractivity contribution in [1.82, 2.24) is 5.32 Å². The zero-order valence-corrected chi connectivity index (χ0v) is 11.8. The summed E-state index contributed by atoms with van der Waals surface area (Å²) in [7, 11) is 0. The third-order valence-corrected chi connectivity index (χ3v) is 3.76. The molecule has 0 aliphatic heterocycles. The highest BCUT2D eigenvalue weighted by Crippen LogP contribution is 2.15. The number of rotatable bonds is 7. The average Bonchev–Trinajstić information content (AvgIpc) is 2.43. The van der Waals surface area contributed by atoms with Gasteiger partial charge in [-0.1, -0.05) is 13.3 Å². The normalized spacial score (nSPS) is 12.2. The van der Waals surface area contributed by atoms with Gasteiger partial charge in [0.1, 0.15) is 0 Å². The largest absolute Gasteiger partial charge is 0.396 e. The van der Waals surface area contributed by atoms with E-state index in [1.807, 2.05) is 30.5 Å². The van der Waals surface area contributed by atoms with E-state index in [0.717, 1.165) is 17.7 Å². The Morgan fingerprint density at radius 3 is 2.56 bits per heavy atom. The van der Waals surface area contributed by atoms with Gasteiger partial charge in [-0.3, -0.25) is 4.79 Å². The predicted molar refractivity (Wildman–Crippen MR) is 76.0 cm³/mol. The van der Waals surface area contributed by atoms with Crippen LogP contribution in [-0.4, -0.2) is 30.4 Å². The highest BCUT2D eigenvalue weighted by Gasteiger charge is 2.09. The molecule has 1 aromatic rings. The second kappa shape index (κ2) is 8.16. The Hall–Kier alpha value is -1.00. The third kappa shape index (κ3) is 4.70. The van der Waals surface area contributed by atoms with Gasteiger partial charge in [-0.05, 0) is 42.9 Å². The number of carbonyl (C=O) groups excluding carboxylic acids is 1. The molecular formula is C14H21NO2S. The molecule has 0 heterocycles. The first-order chi connectivity index (χ1) is 8.71. The molecule has 0 saturated carbocycles. The molecule has 1 aromatic carbocycles. The average molecular weight is 267 g/mol. The second-order valence-electron chi connectivity index (χ2n) is 4.23. The Labute approximate surface area is 113 Å². The smallest absolute Gasteiger partial charge is 0.251 e. The van der Waals surface area contributed by atoms with Gasteiger partial charge < -0.3 is 10.4 Å². The van der Waals surface area contributed by atoms with Gasteiger partial charge in [0.25, 0.3) is 5.91 Å². The summed E-state index contributed by atoms with van der Waals surface area (Å²) in [5, 5.41) is 11.8. The Balaban J connectivity index is 2.48. The van der Waals surface area contributed by atoms with Crippen molar-refractivity contribution in [3.63, 3.8) is 0 Å². The summed E-state index contributed by atoms with van der Waals surface area (Å²) in [5.41, 5.74) is 0.687. The number of hydrogen-bond acceptors (Lipinski definition) is 3. The van der Waals surface area contributed by atoms with Crippen molar-refractivity contribution >= 4 is 17.7 Å². The van der Waals surface area contributed by atoms with Crippen LogP contribution in [0.3, 0.4) is 0 Å². The Bertz CT molecular complexity index is 365. The summed E-state index contributed by atoms with van der Waals surface area (Å²) in [6.45, 7) is 2.87. The molecule has 0 spiro atoms. The molecule has 0 aliphatic rings. The van der Waals surface area contributed by atoms with Crippen LogP contribution in [0.4, 0.5) is 0 Å². The fraction of sp³-hybridized carbons (Fsp3) is 0.500. The number of carbonyl (C=O) groups is 1. The maximum atomic E-state index is 11.9. The first-order valence-corrected chi connectivity index (χ1v) is 7.46. The Morgan fingerprint density at radius 2 is 2.06 bits per heavy atom. The van der Waals surface area contributed by atoms with E-state index in [4.69, 9.17) is 5.11 Å². The van der Waals surface area contributed by atoms with Crippen molar-refractivity contribution in [3.05, 3.63) is 29.8 Å². The van der Waals surface area contributed by atoms with Crippen LogP contribution in [0.2, 0.25) is 0 Å². The van der Waals surface area contributed by atoms with Gasteiger partial charge in [0.2, 0.25) is 0 Å². The molecule has 0 saturated heterocycles. The van der Waals surface area contributed by atoms with Crippen molar-refractivity contribution < 1.29 is 9.90 Å². The molecule has 4 heteroatoms. The van der Waals surface area contributed by atoms with E-state index in [1.54, 1.807) is 11.8 Å². The van der Waals surface area contributed by atoms with E-state index in [2.05, 4.69) is 12.2 Å². The van der Waals surface area contributed by atoms with E-state index < -0.39 is 0 Å². The van der Waals surface area contributed by atoms with Crippen molar-refractivity contribution in [3.8, 4) is 0 Å². The molecule has 1 unspecified atom stereocenters. The lowest BCUT2D eigenvalue weighted by Crippen LogP contribution is -2.29. The van der Waals surface area contributed by atoms with Crippen molar-refractivity contribution in [2.24, 2.45) is 5.92 Å². The molecule has 0 aromatic heterocycles. The molecule has 2 N–H and O–H groups in total. The number of nitrogens with one attached hydrogen (secondary N) is 1. The van der Waals surface area contributed by atoms with Gasteiger partial charge in [-0.2, -0.15) is 0 Å². The minimum atomic E-state index is -0.0426. The number of hydrogen-bond donors (Lipinski definition) is 2. The molecule has 1 amide bonds. The predicted octanol–water partition coefficient (Wildman–Crippen LogP) is 2.55. The second-order valence-corrected chi connectivity index (χ2v) is 5.10. The molecule has 100 valence electrons. The van der Waals surface area contributed by atoms with Gasteiger partial charge in [-0.15, -0.1) is 11.8 Å². The topological polar surface area (TPSA) is 49.3 Å². The van der Waals surface area contributed by atoms with E-state index in [-0.39, 0.29) is 12.5 Å². The quantitative estimate of drug-likeness (QED) is 0.746. The number of thioether (sulfide) groups is 1. The summed E-state index contributed by atoms with van der Waals surface area (Å²) in [6, 6.07) is 7.58. The Morgan fingerprint density at radius 1 is 1.39 bits per heavy atom. The van der Waals surface area contributed by atoms with Gasteiger partial charge in [-0.25, -0.2) is 0 Å². The standard InChI is InChI=1S/C14H21NO2S/c1-3-11(8-9-16)10-15-14(17)12-4-6-13(18-2)7-5-12/h4-7,11,16H,3,8-10H2,1-2H3,(H,15,17). The molecular weight excluding hydrogens is 246 g/mol. The van der Waals surface area contributed by atoms with E-state index in [1.165, 1.54) is 0 Å². The maximum Gasteiger partial charge on any atom is 0.251 e. The number of aliphatic hydroxyl groups excluding tert-OH is 1. The first kappa shape index (κ1) is 15.1. The molecule has 0 aliphatic carbocycles. The zero-order chi connectivity index (χ0) is 13.4. The lowest BCUT2D eigenvalue weighted by molar-refractivity contribution is 0.0943. The fourth-order valence-electron chi connectivity index (χ4n) is 1.71. The maximum absolute atomic E-state index is 11.9. The summed E-state index contributed by atoms with van der Waals surface area (Å²) in [5.74, 6) is 0.309. The minimum Gasteiger partial charge on any atom is -0.396 e. The Kier molecular flexibility index (Phi) is 6.83. The van der Waals surface area contributed by atoms with Crippen molar-refractivity contribution in [2.75, 3.05) is 19.4 Å². The SMILES string of the molecule is CCC(CCO)CNC(=O)c1ccc(SC)cc1. The van der Waals surface area contributed by atoms with E-state index in [0.29, 0.717) is 18.0 Å². The van der Waals surface area contributed by atoms with Crippen LogP contribution in [0, 0.1) is 5.92 Å². The van der Waals surface area contributed by atoms with Crippen molar-refractivity contribution in [1.29, 1.82) is 0 Å². The number of benzene rings is 1. The molecule has 0 bridgehead atoms. The van der Waals surface area contributed by atoms with Crippen LogP contribution in [0.25, 0.3) is 0 Å². The van der Waals surface area contributed by atoms with Crippen LogP contribution in [-0.2, 0) is 0 Å². The van der Waals surface area contributed by atoms with Crippen LogP contribution >= 0.6 is 11.8 Å². The zero-order valence-electron chi connectivity index (χ0n) is 11.0.